The zero-order valence-corrected chi connectivity index (χ0v) is 14.7. The molecular formula is C18H32ClNO. The van der Waals surface area contributed by atoms with Gasteiger partial charge in [0, 0.05) is 5.56 Å². The van der Waals surface area contributed by atoms with E-state index in [0.717, 1.165) is 24.4 Å². The Morgan fingerprint density at radius 2 is 1.52 bits per heavy atom. The minimum atomic E-state index is 0. The van der Waals surface area contributed by atoms with E-state index in [9.17, 15) is 0 Å². The minimum absolute atomic E-state index is 0. The molecule has 0 saturated heterocycles. The predicted octanol–water partition coefficient (Wildman–Crippen LogP) is 1.60. The van der Waals surface area contributed by atoms with E-state index in [-0.39, 0.29) is 12.4 Å². The molecule has 0 aliphatic carbocycles. The number of quaternary nitrogens is 1. The number of hydrogen-bond acceptors (Lipinski definition) is 1. The summed E-state index contributed by atoms with van der Waals surface area (Å²) >= 11 is 0. The standard InChI is InChI=1S/C18H32NO.ClH/c1-4-5-6-7-8-12-15-20-17-19(2,3)16-18-13-10-9-11-14-18;/h9-11,13-14H,4-8,12,15-17H2,1-3H3;1H/q+1;/p-1. The lowest BCUT2D eigenvalue weighted by Crippen LogP contribution is -3.00. The Balaban J connectivity index is 0.00000400. The first-order valence-corrected chi connectivity index (χ1v) is 8.08. The maximum Gasteiger partial charge on any atom is 0.182 e. The Morgan fingerprint density at radius 3 is 2.19 bits per heavy atom. The largest absolute Gasteiger partial charge is 1.00 e. The molecule has 0 heterocycles. The van der Waals surface area contributed by atoms with Crippen molar-refractivity contribution in [1.29, 1.82) is 0 Å². The zero-order valence-electron chi connectivity index (χ0n) is 14.0. The molecule has 0 aliphatic rings. The smallest absolute Gasteiger partial charge is 0.182 e. The van der Waals surface area contributed by atoms with Crippen LogP contribution in [0.5, 0.6) is 0 Å². The maximum atomic E-state index is 5.85. The van der Waals surface area contributed by atoms with Crippen molar-refractivity contribution in [3.05, 3.63) is 35.9 Å². The molecule has 1 aromatic carbocycles. The zero-order chi connectivity index (χ0) is 14.7. The molecule has 0 amide bonds. The number of halogens is 1. The summed E-state index contributed by atoms with van der Waals surface area (Å²) in [5.41, 5.74) is 1.38. The van der Waals surface area contributed by atoms with E-state index in [2.05, 4.69) is 51.4 Å². The SMILES string of the molecule is CCCCCCCCOC[N+](C)(C)Cc1ccccc1.[Cl-]. The average Bonchev–Trinajstić information content (AvgIpc) is 2.42. The number of nitrogens with zero attached hydrogens (tertiary/aromatic N) is 1. The van der Waals surface area contributed by atoms with Gasteiger partial charge in [-0.1, -0.05) is 69.4 Å². The molecule has 0 unspecified atom stereocenters. The molecule has 0 radical (unpaired) electrons. The molecule has 0 spiro atoms. The number of unbranched alkanes of at least 4 members (excludes halogenated alkanes) is 5. The topological polar surface area (TPSA) is 9.23 Å². The van der Waals surface area contributed by atoms with Gasteiger partial charge in [-0.25, -0.2) is 0 Å². The molecule has 0 aliphatic heterocycles. The van der Waals surface area contributed by atoms with Crippen LogP contribution in [0.1, 0.15) is 51.0 Å². The van der Waals surface area contributed by atoms with Crippen LogP contribution < -0.4 is 12.4 Å². The molecule has 1 aromatic rings. The minimum Gasteiger partial charge on any atom is -1.00 e. The van der Waals surface area contributed by atoms with Crippen molar-refractivity contribution in [3.63, 3.8) is 0 Å². The summed E-state index contributed by atoms with van der Waals surface area (Å²) in [5, 5.41) is 0. The van der Waals surface area contributed by atoms with Crippen LogP contribution in [0.2, 0.25) is 0 Å². The third kappa shape index (κ3) is 10.8. The molecule has 122 valence electrons. The summed E-state index contributed by atoms with van der Waals surface area (Å²) in [4.78, 5) is 0. The van der Waals surface area contributed by atoms with Gasteiger partial charge in [0.05, 0.1) is 20.7 Å². The van der Waals surface area contributed by atoms with Crippen molar-refractivity contribution in [3.8, 4) is 0 Å². The summed E-state index contributed by atoms with van der Waals surface area (Å²) < 4.78 is 6.74. The Bertz CT molecular complexity index is 340. The average molecular weight is 314 g/mol. The van der Waals surface area contributed by atoms with Crippen molar-refractivity contribution in [2.45, 2.75) is 52.0 Å². The van der Waals surface area contributed by atoms with Gasteiger partial charge in [-0.15, -0.1) is 0 Å². The van der Waals surface area contributed by atoms with E-state index in [0.29, 0.717) is 0 Å². The fraction of sp³-hybridized carbons (Fsp3) is 0.667. The van der Waals surface area contributed by atoms with E-state index in [1.165, 1.54) is 44.1 Å². The lowest BCUT2D eigenvalue weighted by atomic mass is 10.1. The molecule has 21 heavy (non-hydrogen) atoms. The van der Waals surface area contributed by atoms with Gasteiger partial charge in [0.15, 0.2) is 6.73 Å². The van der Waals surface area contributed by atoms with Crippen molar-refractivity contribution < 1.29 is 21.6 Å². The fourth-order valence-electron chi connectivity index (χ4n) is 2.42. The molecule has 0 aromatic heterocycles. The van der Waals surface area contributed by atoms with Gasteiger partial charge in [0.2, 0.25) is 0 Å². The maximum absolute atomic E-state index is 5.85. The molecule has 0 atom stereocenters. The van der Waals surface area contributed by atoms with Crippen molar-refractivity contribution in [1.82, 2.24) is 0 Å². The first kappa shape index (κ1) is 20.4. The summed E-state index contributed by atoms with van der Waals surface area (Å²) in [6.45, 7) is 4.99. The fourth-order valence-corrected chi connectivity index (χ4v) is 2.42. The highest BCUT2D eigenvalue weighted by atomic mass is 35.5. The van der Waals surface area contributed by atoms with Crippen LogP contribution in [0.4, 0.5) is 0 Å². The van der Waals surface area contributed by atoms with E-state index in [1.54, 1.807) is 0 Å². The van der Waals surface area contributed by atoms with Crippen LogP contribution in [0.3, 0.4) is 0 Å². The van der Waals surface area contributed by atoms with E-state index in [4.69, 9.17) is 4.74 Å². The number of benzene rings is 1. The highest BCUT2D eigenvalue weighted by Crippen LogP contribution is 2.10. The van der Waals surface area contributed by atoms with Crippen LogP contribution in [-0.2, 0) is 11.3 Å². The Hall–Kier alpha value is -0.570. The molecule has 1 rings (SSSR count). The second-order valence-electron chi connectivity index (χ2n) is 6.38. The van der Waals surface area contributed by atoms with Gasteiger partial charge in [-0.2, -0.15) is 0 Å². The van der Waals surface area contributed by atoms with Crippen LogP contribution in [0, 0.1) is 0 Å². The van der Waals surface area contributed by atoms with Gasteiger partial charge < -0.3 is 21.6 Å². The van der Waals surface area contributed by atoms with Gasteiger partial charge in [-0.05, 0) is 6.42 Å². The second kappa shape index (κ2) is 12.0. The third-order valence-corrected chi connectivity index (χ3v) is 3.54. The Labute approximate surface area is 137 Å². The van der Waals surface area contributed by atoms with Crippen LogP contribution in [-0.4, -0.2) is 31.9 Å². The van der Waals surface area contributed by atoms with Gasteiger partial charge in [-0.3, -0.25) is 0 Å². The molecule has 2 nitrogen and oxygen atoms in total. The highest BCUT2D eigenvalue weighted by Gasteiger charge is 2.15. The first-order valence-electron chi connectivity index (χ1n) is 8.08. The van der Waals surface area contributed by atoms with Crippen molar-refractivity contribution in [2.75, 3.05) is 27.4 Å². The lowest BCUT2D eigenvalue weighted by molar-refractivity contribution is -0.922. The summed E-state index contributed by atoms with van der Waals surface area (Å²) in [6, 6.07) is 10.7. The predicted molar refractivity (Wildman–Crippen MR) is 86.4 cm³/mol. The van der Waals surface area contributed by atoms with E-state index < -0.39 is 0 Å². The molecule has 0 saturated carbocycles. The van der Waals surface area contributed by atoms with Crippen LogP contribution in [0.15, 0.2) is 30.3 Å². The van der Waals surface area contributed by atoms with Crippen molar-refractivity contribution in [2.24, 2.45) is 0 Å². The summed E-state index contributed by atoms with van der Waals surface area (Å²) in [5.74, 6) is 0. The Kier molecular flexibility index (Phi) is 11.7. The number of ether oxygens (including phenoxy) is 1. The molecule has 0 N–H and O–H groups in total. The van der Waals surface area contributed by atoms with Gasteiger partial charge in [0.1, 0.15) is 6.54 Å². The first-order chi connectivity index (χ1) is 9.64. The number of rotatable bonds is 11. The molecule has 3 heteroatoms. The van der Waals surface area contributed by atoms with Gasteiger partial charge >= 0.3 is 0 Å². The summed E-state index contributed by atoms with van der Waals surface area (Å²) in [7, 11) is 4.46. The third-order valence-electron chi connectivity index (χ3n) is 3.54. The molecule has 0 bridgehead atoms. The Morgan fingerprint density at radius 1 is 0.905 bits per heavy atom. The lowest BCUT2D eigenvalue weighted by Gasteiger charge is -2.29. The normalized spacial score (nSPS) is 11.2. The number of hydrogen-bond donors (Lipinski definition) is 0. The summed E-state index contributed by atoms with van der Waals surface area (Å²) in [6.07, 6.45) is 7.95. The molecular weight excluding hydrogens is 282 g/mol. The quantitative estimate of drug-likeness (QED) is 0.342. The van der Waals surface area contributed by atoms with Crippen molar-refractivity contribution >= 4 is 0 Å². The molecule has 0 fully saturated rings. The highest BCUT2D eigenvalue weighted by molar-refractivity contribution is 5.13. The van der Waals surface area contributed by atoms with Crippen LogP contribution in [0.25, 0.3) is 0 Å². The van der Waals surface area contributed by atoms with Crippen LogP contribution >= 0.6 is 0 Å². The second-order valence-corrected chi connectivity index (χ2v) is 6.38. The van der Waals surface area contributed by atoms with Gasteiger partial charge in [0.25, 0.3) is 0 Å². The van der Waals surface area contributed by atoms with E-state index in [1.807, 2.05) is 0 Å². The monoisotopic (exact) mass is 313 g/mol. The van der Waals surface area contributed by atoms with E-state index >= 15 is 0 Å².